The van der Waals surface area contributed by atoms with Crippen molar-refractivity contribution in [1.29, 1.82) is 0 Å². The van der Waals surface area contributed by atoms with Crippen LogP contribution in [0.25, 0.3) is 0 Å². The molecule has 0 aliphatic heterocycles. The number of hydrogen-bond acceptors (Lipinski definition) is 1. The minimum absolute atomic E-state index is 0.262. The number of hydrogen-bond donors (Lipinski definition) is 1. The summed E-state index contributed by atoms with van der Waals surface area (Å²) < 4.78 is 0. The van der Waals surface area contributed by atoms with Crippen molar-refractivity contribution in [2.24, 2.45) is 0 Å². The highest BCUT2D eigenvalue weighted by Gasteiger charge is 2.12. The monoisotopic (exact) mass is 247 g/mol. The zero-order chi connectivity index (χ0) is 13.6. The molecule has 102 valence electrons. The Kier molecular flexibility index (Phi) is 5.87. The average Bonchev–Trinajstić information content (AvgIpc) is 2.34. The van der Waals surface area contributed by atoms with E-state index in [4.69, 9.17) is 0 Å². The Bertz CT molecular complexity index is 328. The molecule has 0 aliphatic carbocycles. The van der Waals surface area contributed by atoms with Gasteiger partial charge >= 0.3 is 0 Å². The predicted octanol–water partition coefficient (Wildman–Crippen LogP) is 4.30. The summed E-state index contributed by atoms with van der Waals surface area (Å²) in [6.07, 6.45) is 4.96. The molecule has 1 unspecified atom stereocenters. The van der Waals surface area contributed by atoms with Gasteiger partial charge in [-0.25, -0.2) is 0 Å². The van der Waals surface area contributed by atoms with Crippen LogP contribution in [0.4, 0.5) is 0 Å². The van der Waals surface area contributed by atoms with Crippen molar-refractivity contribution in [1.82, 2.24) is 5.32 Å². The fourth-order valence-electron chi connectivity index (χ4n) is 2.28. The molecule has 0 amide bonds. The standard InChI is InChI=1S/C17H29N/c1-6-16(18-5)9-7-8-14-10-12-15(13-11-14)17(2,3)4/h10-13,16,18H,6-9H2,1-5H3. The van der Waals surface area contributed by atoms with E-state index in [1.807, 2.05) is 0 Å². The van der Waals surface area contributed by atoms with Crippen LogP contribution in [-0.4, -0.2) is 13.1 Å². The van der Waals surface area contributed by atoms with Crippen LogP contribution in [0.15, 0.2) is 24.3 Å². The van der Waals surface area contributed by atoms with E-state index < -0.39 is 0 Å². The molecule has 1 nitrogen and oxygen atoms in total. The summed E-state index contributed by atoms with van der Waals surface area (Å²) in [5.41, 5.74) is 3.15. The van der Waals surface area contributed by atoms with E-state index in [2.05, 4.69) is 64.3 Å². The zero-order valence-corrected chi connectivity index (χ0v) is 12.7. The molecule has 1 heteroatoms. The molecule has 1 N–H and O–H groups in total. The summed E-state index contributed by atoms with van der Waals surface area (Å²) in [4.78, 5) is 0. The van der Waals surface area contributed by atoms with E-state index in [-0.39, 0.29) is 5.41 Å². The molecule has 0 bridgehead atoms. The van der Waals surface area contributed by atoms with Crippen molar-refractivity contribution in [3.8, 4) is 0 Å². The van der Waals surface area contributed by atoms with Crippen molar-refractivity contribution in [3.63, 3.8) is 0 Å². The van der Waals surface area contributed by atoms with Crippen molar-refractivity contribution in [3.05, 3.63) is 35.4 Å². The van der Waals surface area contributed by atoms with Crippen LogP contribution in [0.5, 0.6) is 0 Å². The molecule has 0 fully saturated rings. The number of aryl methyl sites for hydroxylation is 1. The van der Waals surface area contributed by atoms with Crippen molar-refractivity contribution < 1.29 is 0 Å². The van der Waals surface area contributed by atoms with Gasteiger partial charge in [0.05, 0.1) is 0 Å². The van der Waals surface area contributed by atoms with Crippen molar-refractivity contribution >= 4 is 0 Å². The highest BCUT2D eigenvalue weighted by atomic mass is 14.9. The third-order valence-corrected chi connectivity index (χ3v) is 3.74. The first-order valence-corrected chi connectivity index (χ1v) is 7.24. The van der Waals surface area contributed by atoms with E-state index in [9.17, 15) is 0 Å². The average molecular weight is 247 g/mol. The molecule has 0 heterocycles. The fraction of sp³-hybridized carbons (Fsp3) is 0.647. The number of nitrogens with one attached hydrogen (secondary N) is 1. The molecule has 1 aromatic rings. The Labute approximate surface area is 113 Å². The first-order valence-electron chi connectivity index (χ1n) is 7.24. The lowest BCUT2D eigenvalue weighted by atomic mass is 9.86. The summed E-state index contributed by atoms with van der Waals surface area (Å²) in [5.74, 6) is 0. The van der Waals surface area contributed by atoms with Gasteiger partial charge in [-0.2, -0.15) is 0 Å². The molecule has 1 rings (SSSR count). The third-order valence-electron chi connectivity index (χ3n) is 3.74. The van der Waals surface area contributed by atoms with Gasteiger partial charge in [0, 0.05) is 6.04 Å². The fourth-order valence-corrected chi connectivity index (χ4v) is 2.28. The minimum atomic E-state index is 0.262. The second kappa shape index (κ2) is 6.94. The highest BCUT2D eigenvalue weighted by molar-refractivity contribution is 5.27. The molecule has 18 heavy (non-hydrogen) atoms. The molecule has 0 radical (unpaired) electrons. The van der Waals surface area contributed by atoms with Gasteiger partial charge in [-0.1, -0.05) is 52.0 Å². The molecule has 0 aliphatic rings. The zero-order valence-electron chi connectivity index (χ0n) is 12.7. The second-order valence-electron chi connectivity index (χ2n) is 6.23. The molecule has 0 saturated heterocycles. The maximum Gasteiger partial charge on any atom is 0.00615 e. The summed E-state index contributed by atoms with van der Waals surface area (Å²) >= 11 is 0. The smallest absolute Gasteiger partial charge is 0.00615 e. The van der Waals surface area contributed by atoms with E-state index in [0.717, 1.165) is 0 Å². The second-order valence-corrected chi connectivity index (χ2v) is 6.23. The molecular formula is C17H29N. The summed E-state index contributed by atoms with van der Waals surface area (Å²) in [7, 11) is 2.06. The molecule has 1 aromatic carbocycles. The van der Waals surface area contributed by atoms with Gasteiger partial charge in [0.15, 0.2) is 0 Å². The maximum atomic E-state index is 3.37. The van der Waals surface area contributed by atoms with Gasteiger partial charge in [-0.15, -0.1) is 0 Å². The van der Waals surface area contributed by atoms with Crippen molar-refractivity contribution in [2.75, 3.05) is 7.05 Å². The molecule has 0 spiro atoms. The largest absolute Gasteiger partial charge is 0.317 e. The van der Waals surface area contributed by atoms with E-state index in [1.165, 1.54) is 36.8 Å². The number of benzene rings is 1. The van der Waals surface area contributed by atoms with Crippen LogP contribution in [0, 0.1) is 0 Å². The molecule has 1 atom stereocenters. The van der Waals surface area contributed by atoms with Crippen LogP contribution in [-0.2, 0) is 11.8 Å². The SMILES string of the molecule is CCC(CCCc1ccc(C(C)(C)C)cc1)NC. The van der Waals surface area contributed by atoms with Gasteiger partial charge in [0.2, 0.25) is 0 Å². The van der Waals surface area contributed by atoms with Crippen LogP contribution in [0.1, 0.15) is 58.1 Å². The quantitative estimate of drug-likeness (QED) is 0.790. The van der Waals surface area contributed by atoms with Gasteiger partial charge in [0.25, 0.3) is 0 Å². The van der Waals surface area contributed by atoms with E-state index in [0.29, 0.717) is 6.04 Å². The summed E-state index contributed by atoms with van der Waals surface area (Å²) in [6, 6.07) is 9.83. The Balaban J connectivity index is 2.45. The predicted molar refractivity (Wildman–Crippen MR) is 81.2 cm³/mol. The van der Waals surface area contributed by atoms with Crippen LogP contribution in [0.2, 0.25) is 0 Å². The highest BCUT2D eigenvalue weighted by Crippen LogP contribution is 2.22. The van der Waals surface area contributed by atoms with Crippen LogP contribution >= 0.6 is 0 Å². The lowest BCUT2D eigenvalue weighted by molar-refractivity contribution is 0.492. The van der Waals surface area contributed by atoms with Gasteiger partial charge < -0.3 is 5.32 Å². The molecule has 0 saturated carbocycles. The van der Waals surface area contributed by atoms with E-state index in [1.54, 1.807) is 0 Å². The molecular weight excluding hydrogens is 218 g/mol. The Morgan fingerprint density at radius 2 is 1.72 bits per heavy atom. The third kappa shape index (κ3) is 4.81. The first-order chi connectivity index (χ1) is 8.47. The summed E-state index contributed by atoms with van der Waals surface area (Å²) in [5, 5.41) is 3.37. The molecule has 0 aromatic heterocycles. The maximum absolute atomic E-state index is 3.37. The van der Waals surface area contributed by atoms with Gasteiger partial charge in [-0.05, 0) is 49.3 Å². The number of rotatable bonds is 6. The van der Waals surface area contributed by atoms with Gasteiger partial charge in [-0.3, -0.25) is 0 Å². The Morgan fingerprint density at radius 1 is 1.11 bits per heavy atom. The normalized spacial score (nSPS) is 13.6. The Morgan fingerprint density at radius 3 is 2.17 bits per heavy atom. The topological polar surface area (TPSA) is 12.0 Å². The van der Waals surface area contributed by atoms with Crippen molar-refractivity contribution in [2.45, 2.75) is 64.8 Å². The lowest BCUT2D eigenvalue weighted by Gasteiger charge is -2.19. The van der Waals surface area contributed by atoms with Crippen LogP contribution in [0.3, 0.4) is 0 Å². The lowest BCUT2D eigenvalue weighted by Crippen LogP contribution is -2.23. The van der Waals surface area contributed by atoms with E-state index >= 15 is 0 Å². The minimum Gasteiger partial charge on any atom is -0.317 e. The summed E-state index contributed by atoms with van der Waals surface area (Å²) in [6.45, 7) is 9.04. The first kappa shape index (κ1) is 15.2. The van der Waals surface area contributed by atoms with Gasteiger partial charge in [0.1, 0.15) is 0 Å². The van der Waals surface area contributed by atoms with Crippen LogP contribution < -0.4 is 5.32 Å². The Hall–Kier alpha value is -0.820.